The quantitative estimate of drug-likeness (QED) is 0.813. The summed E-state index contributed by atoms with van der Waals surface area (Å²) in [5, 5.41) is 0. The number of rotatable bonds is 5. The van der Waals surface area contributed by atoms with Gasteiger partial charge in [0.1, 0.15) is 5.75 Å². The van der Waals surface area contributed by atoms with Gasteiger partial charge < -0.3 is 9.47 Å². The maximum absolute atomic E-state index is 5.93. The Labute approximate surface area is 115 Å². The van der Waals surface area contributed by atoms with Crippen LogP contribution in [0.5, 0.6) is 5.75 Å². The maximum Gasteiger partial charge on any atom is 0.118 e. The van der Waals surface area contributed by atoms with E-state index in [4.69, 9.17) is 9.47 Å². The first-order valence-corrected chi connectivity index (χ1v) is 7.30. The van der Waals surface area contributed by atoms with Gasteiger partial charge in [-0.15, -0.1) is 0 Å². The van der Waals surface area contributed by atoms with Crippen molar-refractivity contribution in [2.45, 2.75) is 38.5 Å². The van der Waals surface area contributed by atoms with Gasteiger partial charge in [-0.1, -0.05) is 12.1 Å². The molecule has 1 heterocycles. The Hall–Kier alpha value is -1.06. The molecule has 1 aromatic rings. The topological polar surface area (TPSA) is 21.7 Å². The molecule has 2 fully saturated rings. The second kappa shape index (κ2) is 5.51. The van der Waals surface area contributed by atoms with Crippen molar-refractivity contribution in [3.05, 3.63) is 29.8 Å². The van der Waals surface area contributed by atoms with E-state index in [1.165, 1.54) is 24.9 Å². The van der Waals surface area contributed by atoms with Crippen LogP contribution in [0.3, 0.4) is 0 Å². The smallest absolute Gasteiger partial charge is 0.118 e. The van der Waals surface area contributed by atoms with Gasteiger partial charge in [-0.05, 0) is 43.4 Å². The molecule has 1 saturated carbocycles. The highest BCUT2D eigenvalue weighted by Crippen LogP contribution is 2.40. The Bertz CT molecular complexity index is 417. The monoisotopic (exact) mass is 261 g/mol. The van der Waals surface area contributed by atoms with Gasteiger partial charge in [-0.3, -0.25) is 4.90 Å². The molecule has 0 aromatic heterocycles. The Balaban J connectivity index is 1.64. The zero-order valence-electron chi connectivity index (χ0n) is 11.8. The van der Waals surface area contributed by atoms with Crippen molar-refractivity contribution < 1.29 is 9.47 Å². The molecule has 3 atom stereocenters. The van der Waals surface area contributed by atoms with E-state index in [-0.39, 0.29) is 0 Å². The number of methoxy groups -OCH3 is 1. The highest BCUT2D eigenvalue weighted by atomic mass is 16.5. The lowest BCUT2D eigenvalue weighted by molar-refractivity contribution is 0.0350. The van der Waals surface area contributed by atoms with Gasteiger partial charge in [0.2, 0.25) is 0 Å². The molecular weight excluding hydrogens is 238 g/mol. The van der Waals surface area contributed by atoms with E-state index in [2.05, 4.69) is 24.0 Å². The number of hydrogen-bond acceptors (Lipinski definition) is 3. The van der Waals surface area contributed by atoms with Crippen molar-refractivity contribution in [2.75, 3.05) is 20.3 Å². The van der Waals surface area contributed by atoms with Crippen molar-refractivity contribution in [3.63, 3.8) is 0 Å². The lowest BCUT2D eigenvalue weighted by Crippen LogP contribution is -2.34. The first-order valence-electron chi connectivity index (χ1n) is 7.30. The minimum absolute atomic E-state index is 0.475. The third-order valence-electron chi connectivity index (χ3n) is 4.52. The molecule has 2 aliphatic rings. The zero-order valence-corrected chi connectivity index (χ0v) is 11.8. The number of piperidine rings is 1. The molecule has 1 aromatic carbocycles. The minimum atomic E-state index is 0.475. The van der Waals surface area contributed by atoms with Crippen molar-refractivity contribution in [1.82, 2.24) is 4.90 Å². The van der Waals surface area contributed by atoms with Crippen molar-refractivity contribution in [1.29, 1.82) is 0 Å². The predicted octanol–water partition coefficient (Wildman–Crippen LogP) is 2.69. The lowest BCUT2D eigenvalue weighted by atomic mass is 10.1. The van der Waals surface area contributed by atoms with Crippen LogP contribution >= 0.6 is 0 Å². The number of hydrogen-bond donors (Lipinski definition) is 0. The van der Waals surface area contributed by atoms with Crippen LogP contribution < -0.4 is 4.74 Å². The van der Waals surface area contributed by atoms with E-state index in [9.17, 15) is 0 Å². The zero-order chi connectivity index (χ0) is 13.2. The van der Waals surface area contributed by atoms with Crippen LogP contribution in [0.1, 0.15) is 25.3 Å². The van der Waals surface area contributed by atoms with E-state index < -0.39 is 0 Å². The fourth-order valence-electron chi connectivity index (χ4n) is 3.64. The molecule has 3 rings (SSSR count). The van der Waals surface area contributed by atoms with Crippen molar-refractivity contribution in [3.8, 4) is 5.75 Å². The van der Waals surface area contributed by atoms with Crippen LogP contribution in [-0.4, -0.2) is 37.3 Å². The van der Waals surface area contributed by atoms with Gasteiger partial charge >= 0.3 is 0 Å². The molecule has 1 aliphatic heterocycles. The summed E-state index contributed by atoms with van der Waals surface area (Å²) in [6.07, 6.45) is 3.11. The Morgan fingerprint density at radius 3 is 2.68 bits per heavy atom. The van der Waals surface area contributed by atoms with Crippen molar-refractivity contribution >= 4 is 0 Å². The Kier molecular flexibility index (Phi) is 3.76. The summed E-state index contributed by atoms with van der Waals surface area (Å²) < 4.78 is 11.1. The average molecular weight is 261 g/mol. The highest BCUT2D eigenvalue weighted by Gasteiger charge is 2.47. The van der Waals surface area contributed by atoms with E-state index in [0.717, 1.165) is 24.8 Å². The van der Waals surface area contributed by atoms with Gasteiger partial charge in [0, 0.05) is 25.7 Å². The van der Waals surface area contributed by atoms with Crippen LogP contribution in [-0.2, 0) is 11.3 Å². The van der Waals surface area contributed by atoms with Crippen LogP contribution in [0, 0.1) is 5.92 Å². The lowest BCUT2D eigenvalue weighted by Gasteiger charge is -2.27. The highest BCUT2D eigenvalue weighted by molar-refractivity contribution is 5.27. The fraction of sp³-hybridized carbons (Fsp3) is 0.625. The Morgan fingerprint density at radius 2 is 2.00 bits per heavy atom. The molecule has 2 bridgehead atoms. The van der Waals surface area contributed by atoms with E-state index in [1.54, 1.807) is 7.11 Å². The van der Waals surface area contributed by atoms with Crippen LogP contribution in [0.25, 0.3) is 0 Å². The SMILES string of the molecule is CCO[C@@H]1[C@H]2CC[C@H]1N(Cc1ccc(OC)cc1)C2. The van der Waals surface area contributed by atoms with Gasteiger partial charge in [0.25, 0.3) is 0 Å². The van der Waals surface area contributed by atoms with Crippen LogP contribution in [0.4, 0.5) is 0 Å². The number of fused-ring (bicyclic) bond motifs is 2. The summed E-state index contributed by atoms with van der Waals surface area (Å²) in [5.74, 6) is 1.68. The number of nitrogens with zero attached hydrogens (tertiary/aromatic N) is 1. The number of likely N-dealkylation sites (tertiary alicyclic amines) is 1. The molecule has 3 nitrogen and oxygen atoms in total. The second-order valence-electron chi connectivity index (χ2n) is 5.60. The molecule has 0 unspecified atom stereocenters. The van der Waals surface area contributed by atoms with Gasteiger partial charge in [-0.2, -0.15) is 0 Å². The summed E-state index contributed by atoms with van der Waals surface area (Å²) in [7, 11) is 1.71. The summed E-state index contributed by atoms with van der Waals surface area (Å²) in [6, 6.07) is 9.06. The molecule has 1 aliphatic carbocycles. The first kappa shape index (κ1) is 12.9. The summed E-state index contributed by atoms with van der Waals surface area (Å²) in [6.45, 7) is 5.18. The number of ether oxygens (including phenoxy) is 2. The van der Waals surface area contributed by atoms with Gasteiger partial charge in [0.05, 0.1) is 13.2 Å². The van der Waals surface area contributed by atoms with E-state index in [1.807, 2.05) is 12.1 Å². The molecule has 1 saturated heterocycles. The predicted molar refractivity (Wildman–Crippen MR) is 75.3 cm³/mol. The summed E-state index contributed by atoms with van der Waals surface area (Å²) in [4.78, 5) is 2.59. The molecule has 104 valence electrons. The van der Waals surface area contributed by atoms with Crippen molar-refractivity contribution in [2.24, 2.45) is 5.92 Å². The molecule has 0 radical (unpaired) electrons. The molecular formula is C16H23NO2. The molecule has 0 N–H and O–H groups in total. The second-order valence-corrected chi connectivity index (χ2v) is 5.60. The molecule has 0 spiro atoms. The standard InChI is InChI=1S/C16H23NO2/c1-3-19-16-13-6-9-15(16)17(11-13)10-12-4-7-14(18-2)8-5-12/h4-5,7-8,13,15-16H,3,6,9-11H2,1-2H3/t13-,15+,16+/m0/s1. The van der Waals surface area contributed by atoms with E-state index >= 15 is 0 Å². The van der Waals surface area contributed by atoms with Gasteiger partial charge in [0.15, 0.2) is 0 Å². The number of benzene rings is 1. The largest absolute Gasteiger partial charge is 0.497 e. The third kappa shape index (κ3) is 2.49. The maximum atomic E-state index is 5.93. The fourth-order valence-corrected chi connectivity index (χ4v) is 3.64. The van der Waals surface area contributed by atoms with E-state index in [0.29, 0.717) is 12.1 Å². The molecule has 0 amide bonds. The third-order valence-corrected chi connectivity index (χ3v) is 4.52. The van der Waals surface area contributed by atoms with Crippen LogP contribution in [0.2, 0.25) is 0 Å². The Morgan fingerprint density at radius 1 is 1.21 bits per heavy atom. The summed E-state index contributed by atoms with van der Waals surface area (Å²) in [5.41, 5.74) is 1.36. The molecule has 19 heavy (non-hydrogen) atoms. The van der Waals surface area contributed by atoms with Gasteiger partial charge in [-0.25, -0.2) is 0 Å². The van der Waals surface area contributed by atoms with Crippen LogP contribution in [0.15, 0.2) is 24.3 Å². The normalized spacial score (nSPS) is 29.9. The average Bonchev–Trinajstić information content (AvgIpc) is 2.97. The summed E-state index contributed by atoms with van der Waals surface area (Å²) >= 11 is 0. The minimum Gasteiger partial charge on any atom is -0.497 e. The first-order chi connectivity index (χ1) is 9.31. The molecule has 3 heteroatoms.